The van der Waals surface area contributed by atoms with Gasteiger partial charge in [-0.15, -0.1) is 0 Å². The number of hydrogen-bond donors (Lipinski definition) is 1. The van der Waals surface area contributed by atoms with Crippen LogP contribution >= 0.6 is 11.6 Å². The van der Waals surface area contributed by atoms with Crippen LogP contribution in [-0.4, -0.2) is 35.8 Å². The number of amides is 1. The summed E-state index contributed by atoms with van der Waals surface area (Å²) in [7, 11) is 1.72. The second-order valence-corrected chi connectivity index (χ2v) is 8.38. The zero-order valence-electron chi connectivity index (χ0n) is 18.9. The molecule has 1 heterocycles. The van der Waals surface area contributed by atoms with Crippen molar-refractivity contribution in [1.29, 1.82) is 0 Å². The van der Waals surface area contributed by atoms with Gasteiger partial charge < -0.3 is 19.3 Å². The highest BCUT2D eigenvalue weighted by Gasteiger charge is 2.18. The van der Waals surface area contributed by atoms with E-state index in [2.05, 4.69) is 13.8 Å². The number of carbonyl (C=O) groups excluding carboxylic acids is 1. The zero-order valence-corrected chi connectivity index (χ0v) is 19.6. The van der Waals surface area contributed by atoms with Crippen molar-refractivity contribution < 1.29 is 14.6 Å². The molecular weight excluding hydrogens is 428 g/mol. The third kappa shape index (κ3) is 4.81. The summed E-state index contributed by atoms with van der Waals surface area (Å²) in [5.74, 6) is 0.373. The largest absolute Gasteiger partial charge is 0.492 e. The maximum atomic E-state index is 13.2. The molecule has 0 saturated heterocycles. The van der Waals surface area contributed by atoms with Crippen LogP contribution in [0.3, 0.4) is 0 Å². The van der Waals surface area contributed by atoms with Crippen LogP contribution < -0.4 is 15.2 Å². The van der Waals surface area contributed by atoms with E-state index in [4.69, 9.17) is 21.4 Å². The highest BCUT2D eigenvalue weighted by molar-refractivity contribution is 6.32. The fourth-order valence-electron chi connectivity index (χ4n) is 3.72. The van der Waals surface area contributed by atoms with Crippen LogP contribution in [-0.2, 0) is 6.54 Å². The molecule has 0 atom stereocenters. The average Bonchev–Trinajstić information content (AvgIpc) is 2.78. The van der Waals surface area contributed by atoms with Crippen molar-refractivity contribution in [2.24, 2.45) is 0 Å². The summed E-state index contributed by atoms with van der Waals surface area (Å²) in [5.41, 5.74) is 2.97. The Balaban J connectivity index is 1.99. The van der Waals surface area contributed by atoms with Crippen molar-refractivity contribution in [2.75, 3.05) is 25.2 Å². The molecular formula is C25H29ClN2O4. The van der Waals surface area contributed by atoms with Gasteiger partial charge in [0, 0.05) is 49.3 Å². The lowest BCUT2D eigenvalue weighted by molar-refractivity contribution is 0.0992. The van der Waals surface area contributed by atoms with Gasteiger partial charge in [0.15, 0.2) is 0 Å². The van der Waals surface area contributed by atoms with Crippen LogP contribution in [0.15, 0.2) is 47.3 Å². The molecule has 0 aliphatic carbocycles. The minimum atomic E-state index is -0.206. The van der Waals surface area contributed by atoms with Crippen molar-refractivity contribution in [2.45, 2.75) is 39.7 Å². The first kappa shape index (κ1) is 23.8. The predicted octanol–water partition coefficient (Wildman–Crippen LogP) is 4.84. The third-order valence-corrected chi connectivity index (χ3v) is 5.81. The minimum absolute atomic E-state index is 0.0178. The van der Waals surface area contributed by atoms with Crippen molar-refractivity contribution in [3.8, 4) is 5.75 Å². The Morgan fingerprint density at radius 3 is 2.59 bits per heavy atom. The van der Waals surface area contributed by atoms with Crippen LogP contribution in [0.4, 0.5) is 5.69 Å². The van der Waals surface area contributed by atoms with Gasteiger partial charge in [-0.25, -0.2) is 0 Å². The van der Waals surface area contributed by atoms with E-state index in [1.807, 2.05) is 25.1 Å². The Hall–Kier alpha value is -2.83. The molecule has 3 rings (SSSR count). The van der Waals surface area contributed by atoms with Gasteiger partial charge in [0.05, 0.1) is 17.1 Å². The minimum Gasteiger partial charge on any atom is -0.492 e. The fourth-order valence-corrected chi connectivity index (χ4v) is 3.89. The Morgan fingerprint density at radius 2 is 1.94 bits per heavy atom. The number of aliphatic hydroxyl groups is 1. The van der Waals surface area contributed by atoms with Gasteiger partial charge in [0.25, 0.3) is 11.5 Å². The number of hydrogen-bond acceptors (Lipinski definition) is 4. The zero-order chi connectivity index (χ0) is 23.4. The number of nitrogens with zero attached hydrogens (tertiary/aromatic N) is 2. The number of anilines is 1. The monoisotopic (exact) mass is 456 g/mol. The summed E-state index contributed by atoms with van der Waals surface area (Å²) in [4.78, 5) is 27.3. The van der Waals surface area contributed by atoms with Gasteiger partial charge in [0.2, 0.25) is 0 Å². The molecule has 0 radical (unpaired) electrons. The Morgan fingerprint density at radius 1 is 1.19 bits per heavy atom. The van der Waals surface area contributed by atoms with Crippen LogP contribution in [0, 0.1) is 0 Å². The molecule has 32 heavy (non-hydrogen) atoms. The fraction of sp³-hybridized carbons (Fsp3) is 0.360. The van der Waals surface area contributed by atoms with Gasteiger partial charge >= 0.3 is 0 Å². The molecule has 1 amide bonds. The lowest BCUT2D eigenvalue weighted by Crippen LogP contribution is -2.26. The number of rotatable bonds is 8. The Bertz CT molecular complexity index is 1190. The standard InChI is InChI=1S/C25H29ClN2O4/c1-5-28-22-10-8-18(14-20(22)19(16(2)3)15-24(28)30)27(4)25(31)17-7-9-21(26)23(13-17)32-12-6-11-29/h7-10,13-16,29H,5-6,11-12H2,1-4H3. The first-order chi connectivity index (χ1) is 15.3. The third-order valence-electron chi connectivity index (χ3n) is 5.50. The van der Waals surface area contributed by atoms with Gasteiger partial charge in [-0.2, -0.15) is 0 Å². The maximum Gasteiger partial charge on any atom is 0.258 e. The van der Waals surface area contributed by atoms with Gasteiger partial charge in [-0.1, -0.05) is 25.4 Å². The summed E-state index contributed by atoms with van der Waals surface area (Å²) in [6.07, 6.45) is 0.479. The number of ether oxygens (including phenoxy) is 1. The number of pyridine rings is 1. The van der Waals surface area contributed by atoms with Crippen LogP contribution in [0.25, 0.3) is 10.9 Å². The van der Waals surface area contributed by atoms with Crippen molar-refractivity contribution >= 4 is 34.1 Å². The molecule has 0 aliphatic heterocycles. The van der Waals surface area contributed by atoms with Crippen molar-refractivity contribution in [1.82, 2.24) is 4.57 Å². The van der Waals surface area contributed by atoms with Crippen molar-refractivity contribution in [3.63, 3.8) is 0 Å². The molecule has 6 nitrogen and oxygen atoms in total. The number of benzene rings is 2. The lowest BCUT2D eigenvalue weighted by atomic mass is 9.98. The van der Waals surface area contributed by atoms with Crippen LogP contribution in [0.2, 0.25) is 5.02 Å². The number of aromatic nitrogens is 1. The van der Waals surface area contributed by atoms with Crippen molar-refractivity contribution in [3.05, 3.63) is 69.0 Å². The van der Waals surface area contributed by atoms with E-state index >= 15 is 0 Å². The molecule has 1 N–H and O–H groups in total. The molecule has 0 saturated carbocycles. The second-order valence-electron chi connectivity index (χ2n) is 7.97. The second kappa shape index (κ2) is 10.2. The van der Waals surface area contributed by atoms with E-state index in [0.29, 0.717) is 35.9 Å². The first-order valence-electron chi connectivity index (χ1n) is 10.8. The lowest BCUT2D eigenvalue weighted by Gasteiger charge is -2.21. The van der Waals surface area contributed by atoms with Gasteiger partial charge in [0.1, 0.15) is 5.75 Å². The molecule has 1 aromatic heterocycles. The Labute approximate surface area is 193 Å². The van der Waals surface area contributed by atoms with E-state index in [-0.39, 0.29) is 24.0 Å². The van der Waals surface area contributed by atoms with Crippen LogP contribution in [0.5, 0.6) is 5.75 Å². The summed E-state index contributed by atoms with van der Waals surface area (Å²) < 4.78 is 7.33. The molecule has 0 aliphatic rings. The quantitative estimate of drug-likeness (QED) is 0.492. The topological polar surface area (TPSA) is 71.8 Å². The summed E-state index contributed by atoms with van der Waals surface area (Å²) in [6.45, 7) is 6.96. The smallest absolute Gasteiger partial charge is 0.258 e. The highest BCUT2D eigenvalue weighted by atomic mass is 35.5. The molecule has 0 spiro atoms. The molecule has 2 aromatic carbocycles. The highest BCUT2D eigenvalue weighted by Crippen LogP contribution is 2.30. The number of aliphatic hydroxyl groups excluding tert-OH is 1. The van der Waals surface area contributed by atoms with E-state index < -0.39 is 0 Å². The number of fused-ring (bicyclic) bond motifs is 1. The van der Waals surface area contributed by atoms with Gasteiger partial charge in [-0.3, -0.25) is 9.59 Å². The molecule has 0 bridgehead atoms. The van der Waals surface area contributed by atoms with Crippen LogP contribution in [0.1, 0.15) is 49.0 Å². The summed E-state index contributed by atoms with van der Waals surface area (Å²) in [5, 5.41) is 10.3. The first-order valence-corrected chi connectivity index (χ1v) is 11.1. The number of aryl methyl sites for hydroxylation is 1. The van der Waals surface area contributed by atoms with E-state index in [1.165, 1.54) is 0 Å². The summed E-state index contributed by atoms with van der Waals surface area (Å²) >= 11 is 6.19. The maximum absolute atomic E-state index is 13.2. The normalized spacial score (nSPS) is 11.2. The predicted molar refractivity (Wildman–Crippen MR) is 129 cm³/mol. The Kier molecular flexibility index (Phi) is 7.59. The van der Waals surface area contributed by atoms with Gasteiger partial charge in [-0.05, 0) is 54.8 Å². The van der Waals surface area contributed by atoms with E-state index in [9.17, 15) is 9.59 Å². The molecule has 170 valence electrons. The molecule has 0 unspecified atom stereocenters. The molecule has 0 fully saturated rings. The average molecular weight is 457 g/mol. The SMILES string of the molecule is CCn1c(=O)cc(C(C)C)c2cc(N(C)C(=O)c3ccc(Cl)c(OCCCO)c3)ccc21. The summed E-state index contributed by atoms with van der Waals surface area (Å²) in [6, 6.07) is 12.3. The number of carbonyl (C=O) groups is 1. The molecule has 3 aromatic rings. The van der Waals surface area contributed by atoms with E-state index in [0.717, 1.165) is 22.2 Å². The molecule has 7 heteroatoms. The van der Waals surface area contributed by atoms with E-state index in [1.54, 1.807) is 40.8 Å². The number of halogens is 1.